The number of nitrogens with zero attached hydrogens (tertiary/aromatic N) is 3. The molecule has 1 amide bonds. The third-order valence-electron chi connectivity index (χ3n) is 2.78. The highest BCUT2D eigenvalue weighted by Crippen LogP contribution is 2.17. The fourth-order valence-electron chi connectivity index (χ4n) is 1.65. The van der Waals surface area contributed by atoms with Crippen molar-refractivity contribution in [1.82, 2.24) is 15.0 Å². The van der Waals surface area contributed by atoms with E-state index in [1.54, 1.807) is 31.6 Å². The standard InChI is InChI=1S/C14H16BrN5O/c1-8(2)13-18-7-10(16-3)12(20-13)14(21)19-11-5-4-9(15)6-17-11/h4-8,16H,1-3H3,(H,17,19,21). The first-order valence-corrected chi connectivity index (χ1v) is 7.28. The quantitative estimate of drug-likeness (QED) is 0.886. The Morgan fingerprint density at radius 3 is 2.57 bits per heavy atom. The molecule has 0 radical (unpaired) electrons. The number of halogens is 1. The van der Waals surface area contributed by atoms with Crippen LogP contribution in [-0.2, 0) is 0 Å². The van der Waals surface area contributed by atoms with Gasteiger partial charge in [0.15, 0.2) is 5.69 Å². The van der Waals surface area contributed by atoms with Gasteiger partial charge in [0.2, 0.25) is 0 Å². The van der Waals surface area contributed by atoms with Gasteiger partial charge in [-0.25, -0.2) is 15.0 Å². The minimum Gasteiger partial charge on any atom is -0.385 e. The summed E-state index contributed by atoms with van der Waals surface area (Å²) in [5, 5.41) is 5.65. The predicted molar refractivity (Wildman–Crippen MR) is 85.6 cm³/mol. The van der Waals surface area contributed by atoms with Crippen LogP contribution in [0, 0.1) is 0 Å². The van der Waals surface area contributed by atoms with Crippen molar-refractivity contribution in [1.29, 1.82) is 0 Å². The van der Waals surface area contributed by atoms with E-state index < -0.39 is 0 Å². The van der Waals surface area contributed by atoms with Gasteiger partial charge in [-0.3, -0.25) is 4.79 Å². The molecule has 7 heteroatoms. The minimum absolute atomic E-state index is 0.147. The molecular weight excluding hydrogens is 334 g/mol. The van der Waals surface area contributed by atoms with Crippen molar-refractivity contribution in [3.05, 3.63) is 40.5 Å². The lowest BCUT2D eigenvalue weighted by molar-refractivity contribution is 0.102. The zero-order chi connectivity index (χ0) is 15.4. The van der Waals surface area contributed by atoms with Gasteiger partial charge in [-0.15, -0.1) is 0 Å². The molecule has 0 aliphatic rings. The maximum absolute atomic E-state index is 12.4. The maximum atomic E-state index is 12.4. The van der Waals surface area contributed by atoms with Crippen molar-refractivity contribution in [3.63, 3.8) is 0 Å². The normalized spacial score (nSPS) is 10.5. The van der Waals surface area contributed by atoms with Crippen LogP contribution in [0.5, 0.6) is 0 Å². The highest BCUT2D eigenvalue weighted by atomic mass is 79.9. The lowest BCUT2D eigenvalue weighted by Crippen LogP contribution is -2.18. The van der Waals surface area contributed by atoms with Crippen molar-refractivity contribution < 1.29 is 4.79 Å². The van der Waals surface area contributed by atoms with Crippen molar-refractivity contribution in [2.24, 2.45) is 0 Å². The zero-order valence-electron chi connectivity index (χ0n) is 12.0. The molecule has 0 aliphatic heterocycles. The molecule has 0 saturated heterocycles. The summed E-state index contributed by atoms with van der Waals surface area (Å²) in [6.07, 6.45) is 3.24. The van der Waals surface area contributed by atoms with Crippen LogP contribution >= 0.6 is 15.9 Å². The van der Waals surface area contributed by atoms with Crippen molar-refractivity contribution in [2.75, 3.05) is 17.7 Å². The fourth-order valence-corrected chi connectivity index (χ4v) is 1.89. The van der Waals surface area contributed by atoms with Gasteiger partial charge >= 0.3 is 0 Å². The molecule has 110 valence electrons. The molecule has 0 saturated carbocycles. The third-order valence-corrected chi connectivity index (χ3v) is 3.25. The van der Waals surface area contributed by atoms with Gasteiger partial charge in [0.25, 0.3) is 5.91 Å². The molecule has 0 fully saturated rings. The van der Waals surface area contributed by atoms with Crippen molar-refractivity contribution >= 4 is 33.3 Å². The number of hydrogen-bond donors (Lipinski definition) is 2. The van der Waals surface area contributed by atoms with Gasteiger partial charge in [0.05, 0.1) is 11.9 Å². The van der Waals surface area contributed by atoms with Gasteiger partial charge in [0, 0.05) is 23.6 Å². The lowest BCUT2D eigenvalue weighted by Gasteiger charge is -2.11. The average molecular weight is 350 g/mol. The molecule has 0 aromatic carbocycles. The van der Waals surface area contributed by atoms with E-state index in [9.17, 15) is 4.79 Å². The van der Waals surface area contributed by atoms with Gasteiger partial charge < -0.3 is 10.6 Å². The summed E-state index contributed by atoms with van der Waals surface area (Å²) in [6.45, 7) is 3.96. The van der Waals surface area contributed by atoms with E-state index in [0.29, 0.717) is 23.0 Å². The molecule has 0 spiro atoms. The number of nitrogens with one attached hydrogen (secondary N) is 2. The molecule has 0 aliphatic carbocycles. The van der Waals surface area contributed by atoms with Crippen LogP contribution in [0.25, 0.3) is 0 Å². The summed E-state index contributed by atoms with van der Waals surface area (Å²) < 4.78 is 0.848. The van der Waals surface area contributed by atoms with Crippen molar-refractivity contribution in [2.45, 2.75) is 19.8 Å². The Balaban J connectivity index is 2.28. The highest BCUT2D eigenvalue weighted by molar-refractivity contribution is 9.10. The number of pyridine rings is 1. The van der Waals surface area contributed by atoms with Gasteiger partial charge in [-0.1, -0.05) is 13.8 Å². The zero-order valence-corrected chi connectivity index (χ0v) is 13.6. The molecule has 2 heterocycles. The largest absolute Gasteiger partial charge is 0.385 e. The van der Waals surface area contributed by atoms with Crippen LogP contribution in [-0.4, -0.2) is 27.9 Å². The average Bonchev–Trinajstić information content (AvgIpc) is 2.48. The number of carbonyl (C=O) groups is 1. The van der Waals surface area contributed by atoms with Gasteiger partial charge in [-0.05, 0) is 28.1 Å². The molecule has 2 aromatic rings. The monoisotopic (exact) mass is 349 g/mol. The van der Waals surface area contributed by atoms with E-state index in [1.807, 2.05) is 13.8 Å². The van der Waals surface area contributed by atoms with E-state index in [0.717, 1.165) is 4.47 Å². The van der Waals surface area contributed by atoms with Gasteiger partial charge in [-0.2, -0.15) is 0 Å². The number of carbonyl (C=O) groups excluding carboxylic acids is 1. The smallest absolute Gasteiger partial charge is 0.277 e. The second kappa shape index (κ2) is 6.62. The van der Waals surface area contributed by atoms with Crippen LogP contribution in [0.15, 0.2) is 29.0 Å². The van der Waals surface area contributed by atoms with Crippen LogP contribution in [0.2, 0.25) is 0 Å². The number of hydrogen-bond acceptors (Lipinski definition) is 5. The summed E-state index contributed by atoms with van der Waals surface area (Å²) >= 11 is 3.30. The maximum Gasteiger partial charge on any atom is 0.277 e. The van der Waals surface area contributed by atoms with Crippen LogP contribution in [0.4, 0.5) is 11.5 Å². The molecule has 0 atom stereocenters. The van der Waals surface area contributed by atoms with Crippen LogP contribution in [0.1, 0.15) is 36.1 Å². The first kappa shape index (κ1) is 15.4. The first-order chi connectivity index (χ1) is 10.0. The minimum atomic E-state index is -0.321. The topological polar surface area (TPSA) is 79.8 Å². The number of aromatic nitrogens is 3. The third kappa shape index (κ3) is 3.75. The molecule has 21 heavy (non-hydrogen) atoms. The van der Waals surface area contributed by atoms with E-state index in [4.69, 9.17) is 0 Å². The van der Waals surface area contributed by atoms with Crippen LogP contribution in [0.3, 0.4) is 0 Å². The SMILES string of the molecule is CNc1cnc(C(C)C)nc1C(=O)Nc1ccc(Br)cn1. The molecule has 2 aromatic heterocycles. The summed E-state index contributed by atoms with van der Waals surface area (Å²) in [5.41, 5.74) is 0.884. The number of rotatable bonds is 4. The summed E-state index contributed by atoms with van der Waals surface area (Å²) in [6, 6.07) is 3.52. The Labute approximate surface area is 131 Å². The second-order valence-electron chi connectivity index (χ2n) is 4.71. The Bertz CT molecular complexity index is 642. The highest BCUT2D eigenvalue weighted by Gasteiger charge is 2.16. The van der Waals surface area contributed by atoms with E-state index in [-0.39, 0.29) is 11.8 Å². The lowest BCUT2D eigenvalue weighted by atomic mass is 10.2. The first-order valence-electron chi connectivity index (χ1n) is 6.49. The van der Waals surface area contributed by atoms with E-state index in [2.05, 4.69) is 41.5 Å². The summed E-state index contributed by atoms with van der Waals surface area (Å²) in [4.78, 5) is 25.0. The Morgan fingerprint density at radius 2 is 2.00 bits per heavy atom. The van der Waals surface area contributed by atoms with E-state index >= 15 is 0 Å². The Morgan fingerprint density at radius 1 is 1.24 bits per heavy atom. The van der Waals surface area contributed by atoms with Gasteiger partial charge in [0.1, 0.15) is 11.6 Å². The second-order valence-corrected chi connectivity index (χ2v) is 5.63. The van der Waals surface area contributed by atoms with Crippen LogP contribution < -0.4 is 10.6 Å². The molecule has 0 unspecified atom stereocenters. The predicted octanol–water partition coefficient (Wildman–Crippen LogP) is 3.05. The molecule has 0 bridgehead atoms. The van der Waals surface area contributed by atoms with Crippen molar-refractivity contribution in [3.8, 4) is 0 Å². The summed E-state index contributed by atoms with van der Waals surface area (Å²) in [7, 11) is 1.72. The molecular formula is C14H16BrN5O. The van der Waals surface area contributed by atoms with E-state index in [1.165, 1.54) is 0 Å². The molecule has 2 rings (SSSR count). The molecule has 2 N–H and O–H groups in total. The summed E-state index contributed by atoms with van der Waals surface area (Å²) in [5.74, 6) is 0.921. The Kier molecular flexibility index (Phi) is 4.85. The Hall–Kier alpha value is -2.02. The fraction of sp³-hybridized carbons (Fsp3) is 0.286. The number of amides is 1. The number of anilines is 2. The molecule has 6 nitrogen and oxygen atoms in total.